The lowest BCUT2D eigenvalue weighted by Gasteiger charge is -2.27. The molecule has 3 N–H and O–H groups in total. The first-order valence-electron chi connectivity index (χ1n) is 12.7. The molecule has 0 saturated heterocycles. The molecular weight excluding hydrogens is 452 g/mol. The number of nitrogens with one attached hydrogen (secondary N) is 1. The van der Waals surface area contributed by atoms with Crippen molar-refractivity contribution in [1.29, 1.82) is 0 Å². The zero-order valence-electron chi connectivity index (χ0n) is 20.7. The molecule has 0 bridgehead atoms. The second kappa shape index (κ2) is 12.5. The largest absolute Gasteiger partial charge is 0.489 e. The van der Waals surface area contributed by atoms with Gasteiger partial charge < -0.3 is 20.3 Å². The van der Waals surface area contributed by atoms with E-state index >= 15 is 0 Å². The summed E-state index contributed by atoms with van der Waals surface area (Å²) < 4.78 is 6.23. The van der Waals surface area contributed by atoms with Gasteiger partial charge in [0, 0.05) is 31.0 Å². The number of carbonyl (C=O) groups is 1. The number of hydrogen-bond acceptors (Lipinski definition) is 5. The Morgan fingerprint density at radius 1 is 1.25 bits per heavy atom. The zero-order chi connectivity index (χ0) is 25.3. The van der Waals surface area contributed by atoms with E-state index in [2.05, 4.69) is 29.4 Å². The minimum absolute atomic E-state index is 0.0383. The van der Waals surface area contributed by atoms with Gasteiger partial charge in [-0.25, -0.2) is 4.79 Å². The van der Waals surface area contributed by atoms with E-state index in [1.54, 1.807) is 24.5 Å². The normalized spacial score (nSPS) is 15.9. The number of aromatic carboxylic acids is 1. The van der Waals surface area contributed by atoms with Crippen LogP contribution in [0.2, 0.25) is 0 Å². The third-order valence-electron chi connectivity index (χ3n) is 6.50. The van der Waals surface area contributed by atoms with Crippen molar-refractivity contribution >= 4 is 12.0 Å². The molecule has 36 heavy (non-hydrogen) atoms. The van der Waals surface area contributed by atoms with Crippen LogP contribution in [0.5, 0.6) is 5.75 Å². The quantitative estimate of drug-likeness (QED) is 0.303. The van der Waals surface area contributed by atoms with Gasteiger partial charge in [0.25, 0.3) is 0 Å². The Kier molecular flexibility index (Phi) is 8.87. The summed E-state index contributed by atoms with van der Waals surface area (Å²) in [6, 6.07) is 15.2. The van der Waals surface area contributed by atoms with Gasteiger partial charge in [-0.2, -0.15) is 0 Å². The summed E-state index contributed by atoms with van der Waals surface area (Å²) >= 11 is 0. The SMILES string of the molecule is CCCCC=Cc1cc(C(=O)O)ccc1-c1ccc2c(c1)CC[C@H](CNC[C@H](O)c1cccnc1)O2. The van der Waals surface area contributed by atoms with E-state index in [-0.39, 0.29) is 6.10 Å². The van der Waals surface area contributed by atoms with Crippen molar-refractivity contribution in [3.05, 3.63) is 89.3 Å². The first-order valence-corrected chi connectivity index (χ1v) is 12.7. The first-order chi connectivity index (χ1) is 17.5. The third-order valence-corrected chi connectivity index (χ3v) is 6.50. The summed E-state index contributed by atoms with van der Waals surface area (Å²) in [5.74, 6) is -0.0389. The fourth-order valence-electron chi connectivity index (χ4n) is 4.46. The summed E-state index contributed by atoms with van der Waals surface area (Å²) in [4.78, 5) is 15.6. The number of aromatic nitrogens is 1. The van der Waals surface area contributed by atoms with Crippen LogP contribution >= 0.6 is 0 Å². The number of allylic oxidation sites excluding steroid dienone is 1. The number of fused-ring (bicyclic) bond motifs is 1. The molecule has 2 heterocycles. The Bertz CT molecular complexity index is 1190. The van der Waals surface area contributed by atoms with Crippen LogP contribution < -0.4 is 10.1 Å². The van der Waals surface area contributed by atoms with Crippen molar-refractivity contribution in [1.82, 2.24) is 10.3 Å². The monoisotopic (exact) mass is 486 g/mol. The van der Waals surface area contributed by atoms with Crippen LogP contribution in [-0.2, 0) is 6.42 Å². The number of nitrogens with zero attached hydrogens (tertiary/aromatic N) is 1. The van der Waals surface area contributed by atoms with Gasteiger partial charge in [0.05, 0.1) is 11.7 Å². The molecule has 3 aromatic rings. The number of hydrogen-bond donors (Lipinski definition) is 3. The second-order valence-corrected chi connectivity index (χ2v) is 9.21. The number of pyridine rings is 1. The number of carboxylic acid groups (broad SMARTS) is 1. The van der Waals surface area contributed by atoms with E-state index in [0.29, 0.717) is 18.7 Å². The average molecular weight is 487 g/mol. The fourth-order valence-corrected chi connectivity index (χ4v) is 4.46. The van der Waals surface area contributed by atoms with E-state index in [4.69, 9.17) is 4.74 Å². The van der Waals surface area contributed by atoms with Crippen molar-refractivity contribution in [2.45, 2.75) is 51.2 Å². The van der Waals surface area contributed by atoms with E-state index < -0.39 is 12.1 Å². The van der Waals surface area contributed by atoms with Crippen LogP contribution in [0.15, 0.2) is 67.0 Å². The molecule has 4 rings (SSSR count). The fraction of sp³-hybridized carbons (Fsp3) is 0.333. The molecule has 6 heteroatoms. The molecule has 0 fully saturated rings. The van der Waals surface area contributed by atoms with Gasteiger partial charge in [-0.15, -0.1) is 0 Å². The average Bonchev–Trinajstić information content (AvgIpc) is 2.91. The number of ether oxygens (including phenoxy) is 1. The molecule has 0 aliphatic carbocycles. The van der Waals surface area contributed by atoms with Crippen LogP contribution in [-0.4, -0.2) is 40.4 Å². The predicted octanol–water partition coefficient (Wildman–Crippen LogP) is 5.67. The van der Waals surface area contributed by atoms with Gasteiger partial charge in [0.2, 0.25) is 0 Å². The highest BCUT2D eigenvalue weighted by atomic mass is 16.5. The molecule has 0 amide bonds. The van der Waals surface area contributed by atoms with E-state index in [9.17, 15) is 15.0 Å². The predicted molar refractivity (Wildman–Crippen MR) is 142 cm³/mol. The molecule has 0 spiro atoms. The van der Waals surface area contributed by atoms with Crippen LogP contribution in [0.1, 0.15) is 65.8 Å². The van der Waals surface area contributed by atoms with Crippen molar-refractivity contribution < 1.29 is 19.7 Å². The lowest BCUT2D eigenvalue weighted by molar-refractivity contribution is 0.0697. The van der Waals surface area contributed by atoms with E-state index in [1.165, 1.54) is 0 Å². The number of carboxylic acids is 1. The first kappa shape index (κ1) is 25.6. The molecule has 2 atom stereocenters. The summed E-state index contributed by atoms with van der Waals surface area (Å²) in [5.41, 5.74) is 5.23. The standard InChI is InChI=1S/C30H34N2O4/c1-2-3-4-5-7-21-17-24(30(34)35)10-13-27(21)22-11-14-29-23(16-22)9-12-26(36-29)19-32-20-28(33)25-8-6-15-31-18-25/h5-8,10-11,13-18,26,28,32-33H,2-4,9,12,19-20H2,1H3,(H,34,35)/t26-,28+/m1/s1. The maximum Gasteiger partial charge on any atom is 0.335 e. The summed E-state index contributed by atoms with van der Waals surface area (Å²) in [6.45, 7) is 3.26. The number of aryl methyl sites for hydroxylation is 1. The third kappa shape index (κ3) is 6.59. The van der Waals surface area contributed by atoms with Gasteiger partial charge in [-0.3, -0.25) is 4.98 Å². The number of benzene rings is 2. The highest BCUT2D eigenvalue weighted by Crippen LogP contribution is 2.34. The highest BCUT2D eigenvalue weighted by Gasteiger charge is 2.21. The number of unbranched alkanes of at least 4 members (excludes halogenated alkanes) is 2. The molecule has 1 aromatic heterocycles. The Hall–Kier alpha value is -3.48. The Morgan fingerprint density at radius 2 is 2.14 bits per heavy atom. The van der Waals surface area contributed by atoms with Crippen molar-refractivity contribution in [2.75, 3.05) is 13.1 Å². The number of rotatable bonds is 11. The Labute approximate surface area is 212 Å². The zero-order valence-corrected chi connectivity index (χ0v) is 20.7. The highest BCUT2D eigenvalue weighted by molar-refractivity contribution is 5.90. The summed E-state index contributed by atoms with van der Waals surface area (Å²) in [5, 5.41) is 23.1. The topological polar surface area (TPSA) is 91.7 Å². The Balaban J connectivity index is 1.42. The van der Waals surface area contributed by atoms with E-state index in [1.807, 2.05) is 36.4 Å². The molecule has 1 aliphatic rings. The summed E-state index contributed by atoms with van der Waals surface area (Å²) in [7, 11) is 0. The van der Waals surface area contributed by atoms with Crippen LogP contribution in [0.4, 0.5) is 0 Å². The van der Waals surface area contributed by atoms with Gasteiger partial charge in [0.1, 0.15) is 11.9 Å². The molecule has 188 valence electrons. The molecule has 6 nitrogen and oxygen atoms in total. The maximum atomic E-state index is 11.5. The molecule has 2 aromatic carbocycles. The van der Waals surface area contributed by atoms with Gasteiger partial charge >= 0.3 is 5.97 Å². The minimum Gasteiger partial charge on any atom is -0.489 e. The lowest BCUT2D eigenvalue weighted by atomic mass is 9.93. The molecule has 1 aliphatic heterocycles. The second-order valence-electron chi connectivity index (χ2n) is 9.21. The van der Waals surface area contributed by atoms with E-state index in [0.717, 1.165) is 65.7 Å². The van der Waals surface area contributed by atoms with Crippen molar-refractivity contribution in [3.8, 4) is 16.9 Å². The van der Waals surface area contributed by atoms with Crippen LogP contribution in [0.25, 0.3) is 17.2 Å². The maximum absolute atomic E-state index is 11.5. The van der Waals surface area contributed by atoms with Gasteiger partial charge in [-0.1, -0.05) is 50.1 Å². The van der Waals surface area contributed by atoms with Crippen molar-refractivity contribution in [3.63, 3.8) is 0 Å². The summed E-state index contributed by atoms with van der Waals surface area (Å²) in [6.07, 6.45) is 12.0. The number of aliphatic hydroxyl groups is 1. The van der Waals surface area contributed by atoms with Crippen LogP contribution in [0.3, 0.4) is 0 Å². The Morgan fingerprint density at radius 3 is 2.92 bits per heavy atom. The van der Waals surface area contributed by atoms with Gasteiger partial charge in [0.15, 0.2) is 0 Å². The lowest BCUT2D eigenvalue weighted by Crippen LogP contribution is -2.36. The molecular formula is C30H34N2O4. The molecule has 0 unspecified atom stereocenters. The van der Waals surface area contributed by atoms with Gasteiger partial charge in [-0.05, 0) is 71.8 Å². The smallest absolute Gasteiger partial charge is 0.335 e. The van der Waals surface area contributed by atoms with Crippen molar-refractivity contribution in [2.24, 2.45) is 0 Å². The molecule has 0 saturated carbocycles. The minimum atomic E-state index is -0.920. The number of aliphatic hydroxyl groups excluding tert-OH is 1. The van der Waals surface area contributed by atoms with Crippen LogP contribution in [0, 0.1) is 0 Å². The molecule has 0 radical (unpaired) electrons.